The minimum Gasteiger partial charge on any atom is -0.422 e. The highest BCUT2D eigenvalue weighted by atomic mass is 16.4. The number of nitrogens with two attached hydrogens (primary N) is 1. The molecule has 6 nitrogen and oxygen atoms in total. The van der Waals surface area contributed by atoms with Crippen LogP contribution in [0.5, 0.6) is 0 Å². The minimum atomic E-state index is -0.749. The number of nitrogens with zero attached hydrogens (tertiary/aromatic N) is 2. The largest absolute Gasteiger partial charge is 0.422 e. The van der Waals surface area contributed by atoms with Gasteiger partial charge >= 0.3 is 11.7 Å². The molecule has 20 heavy (non-hydrogen) atoms. The Balaban J connectivity index is 2.32. The first-order valence-corrected chi connectivity index (χ1v) is 5.96. The maximum absolute atomic E-state index is 12.1. The van der Waals surface area contributed by atoms with Gasteiger partial charge in [-0.05, 0) is 25.1 Å². The number of primary amides is 1. The van der Waals surface area contributed by atoms with Crippen molar-refractivity contribution in [1.82, 2.24) is 9.78 Å². The van der Waals surface area contributed by atoms with Crippen molar-refractivity contribution >= 4 is 17.0 Å². The van der Waals surface area contributed by atoms with Crippen molar-refractivity contribution in [3.63, 3.8) is 0 Å². The van der Waals surface area contributed by atoms with Gasteiger partial charge < -0.3 is 10.2 Å². The van der Waals surface area contributed by atoms with E-state index in [2.05, 4.69) is 5.10 Å². The number of carbonyl (C=O) groups excluding carboxylic acids is 1. The second-order valence-electron chi connectivity index (χ2n) is 4.41. The van der Waals surface area contributed by atoms with E-state index in [0.717, 1.165) is 10.1 Å². The summed E-state index contributed by atoms with van der Waals surface area (Å²) < 4.78 is 6.24. The molecule has 2 heterocycles. The molecular weight excluding hydrogens is 258 g/mol. The van der Waals surface area contributed by atoms with Crippen molar-refractivity contribution in [2.75, 3.05) is 0 Å². The quantitative estimate of drug-likeness (QED) is 0.683. The van der Waals surface area contributed by atoms with Crippen molar-refractivity contribution < 1.29 is 9.21 Å². The highest BCUT2D eigenvalue weighted by molar-refractivity contribution is 5.84. The molecule has 1 amide bonds. The summed E-state index contributed by atoms with van der Waals surface area (Å²) in [5.41, 5.74) is 6.38. The molecule has 0 unspecified atom stereocenters. The number of aromatic nitrogens is 2. The predicted molar refractivity (Wildman–Crippen MR) is 73.4 cm³/mol. The van der Waals surface area contributed by atoms with Gasteiger partial charge in [-0.15, -0.1) is 0 Å². The van der Waals surface area contributed by atoms with Crippen LogP contribution >= 0.6 is 0 Å². The number of hydrogen-bond donors (Lipinski definition) is 1. The molecule has 0 saturated heterocycles. The molecule has 0 aliphatic rings. The molecule has 0 bridgehead atoms. The summed E-state index contributed by atoms with van der Waals surface area (Å²) in [6.45, 7) is 1.71. The van der Waals surface area contributed by atoms with Crippen molar-refractivity contribution in [3.8, 4) is 11.3 Å². The van der Waals surface area contributed by atoms with Crippen LogP contribution in [0.1, 0.15) is 5.69 Å². The summed E-state index contributed by atoms with van der Waals surface area (Å²) >= 11 is 0. The molecule has 0 saturated carbocycles. The molecule has 3 aromatic rings. The number of fused-ring (bicyclic) bond motifs is 1. The standard InChI is InChI=1S/C14H11N3O3/c1-8-6-11(17(16-8)14(15)19)10-7-9-4-2-3-5-12(9)20-13(10)18/h2-7H,1H3,(H2,15,19). The van der Waals surface area contributed by atoms with Crippen LogP contribution in [0.2, 0.25) is 0 Å². The molecule has 0 spiro atoms. The van der Waals surface area contributed by atoms with Gasteiger partial charge in [0.05, 0.1) is 17.0 Å². The third kappa shape index (κ3) is 1.87. The number of benzene rings is 1. The predicted octanol–water partition coefficient (Wildman–Crippen LogP) is 1.89. The van der Waals surface area contributed by atoms with E-state index < -0.39 is 11.7 Å². The fraction of sp³-hybridized carbons (Fsp3) is 0.0714. The highest BCUT2D eigenvalue weighted by Gasteiger charge is 2.16. The summed E-state index contributed by atoms with van der Waals surface area (Å²) in [6, 6.07) is 9.67. The maximum atomic E-state index is 12.1. The molecule has 0 aliphatic carbocycles. The molecule has 2 aromatic heterocycles. The van der Waals surface area contributed by atoms with Gasteiger partial charge in [-0.2, -0.15) is 9.78 Å². The SMILES string of the molecule is Cc1cc(-c2cc3ccccc3oc2=O)n(C(N)=O)n1. The maximum Gasteiger partial charge on any atom is 0.345 e. The lowest BCUT2D eigenvalue weighted by Gasteiger charge is -2.03. The third-order valence-electron chi connectivity index (χ3n) is 2.96. The molecule has 3 rings (SSSR count). The number of para-hydroxylation sites is 1. The lowest BCUT2D eigenvalue weighted by atomic mass is 10.1. The van der Waals surface area contributed by atoms with Gasteiger partial charge in [0.1, 0.15) is 5.58 Å². The van der Waals surface area contributed by atoms with Crippen LogP contribution in [0.3, 0.4) is 0 Å². The molecule has 2 N–H and O–H groups in total. The zero-order chi connectivity index (χ0) is 14.3. The minimum absolute atomic E-state index is 0.253. The zero-order valence-electron chi connectivity index (χ0n) is 10.7. The summed E-state index contributed by atoms with van der Waals surface area (Å²) in [6.07, 6.45) is 0. The molecule has 0 aliphatic heterocycles. The molecule has 0 fully saturated rings. The van der Waals surface area contributed by atoms with E-state index in [4.69, 9.17) is 10.2 Å². The second kappa shape index (κ2) is 4.34. The molecule has 1 aromatic carbocycles. The van der Waals surface area contributed by atoms with Crippen LogP contribution in [-0.4, -0.2) is 15.8 Å². The number of amides is 1. The van der Waals surface area contributed by atoms with Gasteiger partial charge in [-0.3, -0.25) is 0 Å². The molecule has 0 atom stereocenters. The summed E-state index contributed by atoms with van der Waals surface area (Å²) in [7, 11) is 0. The highest BCUT2D eigenvalue weighted by Crippen LogP contribution is 2.21. The molecule has 6 heteroatoms. The Morgan fingerprint density at radius 2 is 2.05 bits per heavy atom. The van der Waals surface area contributed by atoms with Crippen LogP contribution in [-0.2, 0) is 0 Å². The lowest BCUT2D eigenvalue weighted by Crippen LogP contribution is -2.22. The van der Waals surface area contributed by atoms with Gasteiger partial charge in [0, 0.05) is 5.39 Å². The number of rotatable bonds is 1. The molecular formula is C14H11N3O3. The lowest BCUT2D eigenvalue weighted by molar-refractivity contribution is 0.248. The summed E-state index contributed by atoms with van der Waals surface area (Å²) in [5.74, 6) is 0. The van der Waals surface area contributed by atoms with Crippen LogP contribution < -0.4 is 11.4 Å². The van der Waals surface area contributed by atoms with Crippen LogP contribution in [0, 0.1) is 6.92 Å². The van der Waals surface area contributed by atoms with Crippen LogP contribution in [0.25, 0.3) is 22.2 Å². The van der Waals surface area contributed by atoms with E-state index in [1.54, 1.807) is 31.2 Å². The topological polar surface area (TPSA) is 91.1 Å². The fourth-order valence-electron chi connectivity index (χ4n) is 2.10. The number of aryl methyl sites for hydroxylation is 1. The Kier molecular flexibility index (Phi) is 2.64. The second-order valence-corrected chi connectivity index (χ2v) is 4.41. The van der Waals surface area contributed by atoms with Gasteiger partial charge in [-0.1, -0.05) is 18.2 Å². The Hall–Kier alpha value is -2.89. The smallest absolute Gasteiger partial charge is 0.345 e. The fourth-order valence-corrected chi connectivity index (χ4v) is 2.10. The van der Waals surface area contributed by atoms with Gasteiger partial charge in [-0.25, -0.2) is 9.59 Å². The monoisotopic (exact) mass is 269 g/mol. The Morgan fingerprint density at radius 3 is 2.80 bits per heavy atom. The van der Waals surface area contributed by atoms with Crippen LogP contribution in [0.15, 0.2) is 45.6 Å². The zero-order valence-corrected chi connectivity index (χ0v) is 10.7. The van der Waals surface area contributed by atoms with Gasteiger partial charge in [0.2, 0.25) is 0 Å². The van der Waals surface area contributed by atoms with Crippen molar-refractivity contribution in [1.29, 1.82) is 0 Å². The van der Waals surface area contributed by atoms with E-state index in [-0.39, 0.29) is 5.56 Å². The Labute approximate surface area is 113 Å². The average molecular weight is 269 g/mol. The summed E-state index contributed by atoms with van der Waals surface area (Å²) in [5, 5.41) is 4.73. The number of hydrogen-bond acceptors (Lipinski definition) is 4. The van der Waals surface area contributed by atoms with Gasteiger partial charge in [0.15, 0.2) is 0 Å². The van der Waals surface area contributed by atoms with E-state index in [1.165, 1.54) is 0 Å². The Bertz CT molecular complexity index is 877. The third-order valence-corrected chi connectivity index (χ3v) is 2.96. The summed E-state index contributed by atoms with van der Waals surface area (Å²) in [4.78, 5) is 23.4. The Morgan fingerprint density at radius 1 is 1.30 bits per heavy atom. The van der Waals surface area contributed by atoms with E-state index in [9.17, 15) is 9.59 Å². The number of carbonyl (C=O) groups is 1. The molecule has 100 valence electrons. The van der Waals surface area contributed by atoms with Crippen molar-refractivity contribution in [3.05, 3.63) is 52.5 Å². The normalized spacial score (nSPS) is 10.8. The first-order valence-electron chi connectivity index (χ1n) is 5.96. The average Bonchev–Trinajstić information content (AvgIpc) is 2.80. The van der Waals surface area contributed by atoms with E-state index in [1.807, 2.05) is 12.1 Å². The molecule has 0 radical (unpaired) electrons. The van der Waals surface area contributed by atoms with Gasteiger partial charge in [0.25, 0.3) is 0 Å². The van der Waals surface area contributed by atoms with E-state index >= 15 is 0 Å². The van der Waals surface area contributed by atoms with Crippen molar-refractivity contribution in [2.45, 2.75) is 6.92 Å². The van der Waals surface area contributed by atoms with Crippen molar-refractivity contribution in [2.24, 2.45) is 5.73 Å². The first kappa shape index (κ1) is 12.2. The first-order chi connectivity index (χ1) is 9.56. The van der Waals surface area contributed by atoms with Crippen LogP contribution in [0.4, 0.5) is 4.79 Å². The van der Waals surface area contributed by atoms with E-state index in [0.29, 0.717) is 17.0 Å².